The van der Waals surface area contributed by atoms with E-state index in [1.807, 2.05) is 0 Å². The van der Waals surface area contributed by atoms with Crippen LogP contribution >= 0.6 is 0 Å². The number of carbonyl (C=O) groups excluding carboxylic acids is 1. The Bertz CT molecular complexity index is 603. The van der Waals surface area contributed by atoms with Gasteiger partial charge in [0.1, 0.15) is 17.7 Å². The number of aliphatic hydroxyl groups is 1. The molecule has 0 aliphatic carbocycles. The number of aryl methyl sites for hydroxylation is 1. The second-order valence-electron chi connectivity index (χ2n) is 4.07. The Balaban J connectivity index is 2.34. The highest BCUT2D eigenvalue weighted by molar-refractivity contribution is 5.86. The van der Waals surface area contributed by atoms with E-state index >= 15 is 0 Å². The van der Waals surface area contributed by atoms with Crippen molar-refractivity contribution in [3.63, 3.8) is 0 Å². The summed E-state index contributed by atoms with van der Waals surface area (Å²) >= 11 is 0. The molecule has 1 N–H and O–H groups in total. The number of methoxy groups -OCH3 is 1. The van der Waals surface area contributed by atoms with Gasteiger partial charge in [0.15, 0.2) is 0 Å². The molecule has 1 heterocycles. The van der Waals surface area contributed by atoms with Crippen LogP contribution in [0.2, 0.25) is 0 Å². The first kappa shape index (κ1) is 13.3. The third-order valence-corrected chi connectivity index (χ3v) is 2.80. The van der Waals surface area contributed by atoms with Gasteiger partial charge in [-0.25, -0.2) is 9.18 Å². The molecule has 0 saturated heterocycles. The van der Waals surface area contributed by atoms with Crippen molar-refractivity contribution < 1.29 is 23.4 Å². The number of halogens is 1. The number of esters is 1. The number of ether oxygens (including phenoxy) is 1. The topological polar surface area (TPSA) is 59.7 Å². The van der Waals surface area contributed by atoms with E-state index in [9.17, 15) is 14.3 Å². The van der Waals surface area contributed by atoms with Gasteiger partial charge in [-0.15, -0.1) is 0 Å². The van der Waals surface area contributed by atoms with Crippen LogP contribution < -0.4 is 0 Å². The summed E-state index contributed by atoms with van der Waals surface area (Å²) in [6, 6.07) is 7.50. The Hall–Kier alpha value is -2.14. The quantitative estimate of drug-likeness (QED) is 0.866. The maximum atomic E-state index is 13.9. The van der Waals surface area contributed by atoms with Crippen LogP contribution in [0.25, 0.3) is 0 Å². The lowest BCUT2D eigenvalue weighted by atomic mass is 10.0. The monoisotopic (exact) mass is 264 g/mol. The molecule has 0 aliphatic heterocycles. The molecule has 0 radical (unpaired) electrons. The molecule has 0 saturated carbocycles. The van der Waals surface area contributed by atoms with E-state index in [1.54, 1.807) is 19.1 Å². The lowest BCUT2D eigenvalue weighted by Crippen LogP contribution is -2.03. The third-order valence-electron chi connectivity index (χ3n) is 2.80. The van der Waals surface area contributed by atoms with Crippen molar-refractivity contribution in [1.29, 1.82) is 0 Å². The van der Waals surface area contributed by atoms with Crippen LogP contribution in [0.1, 0.15) is 33.5 Å². The molecule has 0 amide bonds. The third kappa shape index (κ3) is 2.51. The van der Waals surface area contributed by atoms with E-state index in [2.05, 4.69) is 4.74 Å². The molecule has 1 aromatic heterocycles. The van der Waals surface area contributed by atoms with Crippen LogP contribution in [-0.4, -0.2) is 18.2 Å². The summed E-state index contributed by atoms with van der Waals surface area (Å²) in [6.07, 6.45) is -1.27. The Morgan fingerprint density at radius 2 is 2.11 bits per heavy atom. The maximum Gasteiger partial charge on any atom is 0.373 e. The summed E-state index contributed by atoms with van der Waals surface area (Å²) in [5.41, 5.74) is 0.530. The molecule has 0 aliphatic rings. The molecule has 0 spiro atoms. The average Bonchev–Trinajstić information content (AvgIpc) is 2.90. The summed E-state index contributed by atoms with van der Waals surface area (Å²) < 4.78 is 23.5. The standard InChI is InChI=1S/C14H13FO4/c1-8-4-3-5-9(12(8)15)13(16)10-6-7-11(19-10)14(17)18-2/h3-7,13,16H,1-2H3. The van der Waals surface area contributed by atoms with Gasteiger partial charge in [0.2, 0.25) is 5.76 Å². The van der Waals surface area contributed by atoms with Crippen molar-refractivity contribution in [3.05, 3.63) is 58.8 Å². The number of aliphatic hydroxyl groups excluding tert-OH is 1. The molecule has 5 heteroatoms. The fourth-order valence-electron chi connectivity index (χ4n) is 1.74. The SMILES string of the molecule is COC(=O)c1ccc(C(O)c2cccc(C)c2F)o1. The molecule has 19 heavy (non-hydrogen) atoms. The Morgan fingerprint density at radius 3 is 2.79 bits per heavy atom. The summed E-state index contributed by atoms with van der Waals surface area (Å²) in [5, 5.41) is 10.1. The number of rotatable bonds is 3. The van der Waals surface area contributed by atoms with Gasteiger partial charge in [-0.1, -0.05) is 18.2 Å². The predicted octanol–water partition coefficient (Wildman–Crippen LogP) is 2.60. The zero-order valence-electron chi connectivity index (χ0n) is 10.5. The minimum Gasteiger partial charge on any atom is -0.463 e. The van der Waals surface area contributed by atoms with Crippen molar-refractivity contribution in [3.8, 4) is 0 Å². The molecule has 1 atom stereocenters. The van der Waals surface area contributed by atoms with Gasteiger partial charge < -0.3 is 14.3 Å². The van der Waals surface area contributed by atoms with Gasteiger partial charge in [-0.3, -0.25) is 0 Å². The molecule has 100 valence electrons. The molecule has 0 fully saturated rings. The second kappa shape index (κ2) is 5.24. The summed E-state index contributed by atoms with van der Waals surface area (Å²) in [7, 11) is 1.22. The van der Waals surface area contributed by atoms with Gasteiger partial charge >= 0.3 is 5.97 Å². The highest BCUT2D eigenvalue weighted by Gasteiger charge is 2.21. The average molecular weight is 264 g/mol. The van der Waals surface area contributed by atoms with E-state index in [0.29, 0.717) is 5.56 Å². The lowest BCUT2D eigenvalue weighted by Gasteiger charge is -2.10. The van der Waals surface area contributed by atoms with Gasteiger partial charge in [0.05, 0.1) is 7.11 Å². The molecule has 4 nitrogen and oxygen atoms in total. The van der Waals surface area contributed by atoms with Crippen molar-refractivity contribution in [1.82, 2.24) is 0 Å². The zero-order chi connectivity index (χ0) is 14.0. The van der Waals surface area contributed by atoms with E-state index in [-0.39, 0.29) is 17.1 Å². The van der Waals surface area contributed by atoms with E-state index in [1.165, 1.54) is 25.3 Å². The van der Waals surface area contributed by atoms with Gasteiger partial charge in [-0.2, -0.15) is 0 Å². The summed E-state index contributed by atoms with van der Waals surface area (Å²) in [4.78, 5) is 11.2. The Kier molecular flexibility index (Phi) is 3.66. The number of furan rings is 1. The highest BCUT2D eigenvalue weighted by atomic mass is 19.1. The number of benzene rings is 1. The van der Waals surface area contributed by atoms with Crippen LogP contribution in [0.4, 0.5) is 4.39 Å². The zero-order valence-corrected chi connectivity index (χ0v) is 10.5. The van der Waals surface area contributed by atoms with Crippen LogP contribution in [0.3, 0.4) is 0 Å². The summed E-state index contributed by atoms with van der Waals surface area (Å²) in [6.45, 7) is 1.60. The summed E-state index contributed by atoms with van der Waals surface area (Å²) in [5.74, 6) is -1.09. The van der Waals surface area contributed by atoms with E-state index in [4.69, 9.17) is 4.42 Å². The minimum atomic E-state index is -1.27. The first-order valence-corrected chi connectivity index (χ1v) is 5.65. The molecule has 1 aromatic carbocycles. The molecule has 2 aromatic rings. The number of hydrogen-bond donors (Lipinski definition) is 1. The molecular weight excluding hydrogens is 251 g/mol. The fraction of sp³-hybridized carbons (Fsp3) is 0.214. The van der Waals surface area contributed by atoms with E-state index in [0.717, 1.165) is 0 Å². The number of hydrogen-bond acceptors (Lipinski definition) is 4. The highest BCUT2D eigenvalue weighted by Crippen LogP contribution is 2.27. The molecule has 2 rings (SSSR count). The van der Waals surface area contributed by atoms with Crippen molar-refractivity contribution in [2.45, 2.75) is 13.0 Å². The van der Waals surface area contributed by atoms with Gasteiger partial charge in [0, 0.05) is 5.56 Å². The van der Waals surface area contributed by atoms with Gasteiger partial charge in [-0.05, 0) is 24.6 Å². The Morgan fingerprint density at radius 1 is 1.37 bits per heavy atom. The van der Waals surface area contributed by atoms with Crippen LogP contribution in [0, 0.1) is 12.7 Å². The molecular formula is C14H13FO4. The normalized spacial score (nSPS) is 12.2. The van der Waals surface area contributed by atoms with E-state index < -0.39 is 17.9 Å². The van der Waals surface area contributed by atoms with Crippen LogP contribution in [0.5, 0.6) is 0 Å². The smallest absolute Gasteiger partial charge is 0.373 e. The van der Waals surface area contributed by atoms with Crippen LogP contribution in [-0.2, 0) is 4.74 Å². The largest absolute Gasteiger partial charge is 0.463 e. The Labute approximate surface area is 109 Å². The molecule has 1 unspecified atom stereocenters. The fourth-order valence-corrected chi connectivity index (χ4v) is 1.74. The molecule has 0 bridgehead atoms. The van der Waals surface area contributed by atoms with Crippen molar-refractivity contribution >= 4 is 5.97 Å². The van der Waals surface area contributed by atoms with Crippen LogP contribution in [0.15, 0.2) is 34.7 Å². The predicted molar refractivity (Wildman–Crippen MR) is 65.2 cm³/mol. The van der Waals surface area contributed by atoms with Crippen molar-refractivity contribution in [2.75, 3.05) is 7.11 Å². The second-order valence-corrected chi connectivity index (χ2v) is 4.07. The van der Waals surface area contributed by atoms with Gasteiger partial charge in [0.25, 0.3) is 0 Å². The first-order valence-electron chi connectivity index (χ1n) is 5.65. The number of carbonyl (C=O) groups is 1. The van der Waals surface area contributed by atoms with Crippen molar-refractivity contribution in [2.24, 2.45) is 0 Å². The maximum absolute atomic E-state index is 13.9. The lowest BCUT2D eigenvalue weighted by molar-refractivity contribution is 0.0558. The minimum absolute atomic E-state index is 0.0374. The first-order chi connectivity index (χ1) is 9.04.